The number of fused-ring (bicyclic) bond motifs is 1. The van der Waals surface area contributed by atoms with Crippen molar-refractivity contribution < 1.29 is 8.42 Å². The van der Waals surface area contributed by atoms with Crippen molar-refractivity contribution in [3.05, 3.63) is 30.6 Å². The van der Waals surface area contributed by atoms with E-state index in [2.05, 4.69) is 9.71 Å². The highest BCUT2D eigenvalue weighted by molar-refractivity contribution is 7.89. The van der Waals surface area contributed by atoms with Gasteiger partial charge >= 0.3 is 0 Å². The number of aryl methyl sites for hydroxylation is 1. The summed E-state index contributed by atoms with van der Waals surface area (Å²) in [5.41, 5.74) is 1.84. The molecule has 2 rings (SSSR count). The number of benzene rings is 1. The van der Waals surface area contributed by atoms with E-state index in [0.717, 1.165) is 11.0 Å². The molecule has 0 saturated heterocycles. The van der Waals surface area contributed by atoms with E-state index in [1.54, 1.807) is 6.33 Å². The number of nitrogens with one attached hydrogen (secondary N) is 1. The number of hydrogen-bond acceptors (Lipinski definition) is 3. The first kappa shape index (κ1) is 15.0. The van der Waals surface area contributed by atoms with Crippen LogP contribution in [0.4, 0.5) is 0 Å². The van der Waals surface area contributed by atoms with Gasteiger partial charge < -0.3 is 4.57 Å². The van der Waals surface area contributed by atoms with E-state index in [1.807, 2.05) is 49.6 Å². The van der Waals surface area contributed by atoms with Crippen LogP contribution in [0.15, 0.2) is 30.6 Å². The fourth-order valence-corrected chi connectivity index (χ4v) is 3.28. The van der Waals surface area contributed by atoms with Crippen LogP contribution in [0.1, 0.15) is 20.8 Å². The quantitative estimate of drug-likeness (QED) is 0.886. The standard InChI is InChI=1S/C14H21N3O2S/c1-11(2)12(3)16-20(18,19)9-8-17-10-15-13-6-4-5-7-14(13)17/h4-7,10-12,16H,8-9H2,1-3H3/t12-/m0/s1. The highest BCUT2D eigenvalue weighted by Gasteiger charge is 2.17. The highest BCUT2D eigenvalue weighted by atomic mass is 32.2. The Morgan fingerprint density at radius 2 is 1.95 bits per heavy atom. The zero-order valence-electron chi connectivity index (χ0n) is 12.1. The minimum Gasteiger partial charge on any atom is -0.330 e. The number of sulfonamides is 1. The molecule has 1 aromatic heterocycles. The van der Waals surface area contributed by atoms with Crippen molar-refractivity contribution in [2.24, 2.45) is 5.92 Å². The topological polar surface area (TPSA) is 64.0 Å². The van der Waals surface area contributed by atoms with Gasteiger partial charge in [0.25, 0.3) is 0 Å². The molecule has 0 bridgehead atoms. The predicted molar refractivity (Wildman–Crippen MR) is 81.0 cm³/mol. The molecular formula is C14H21N3O2S. The van der Waals surface area contributed by atoms with Crippen molar-refractivity contribution in [2.45, 2.75) is 33.4 Å². The van der Waals surface area contributed by atoms with Crippen LogP contribution in [0.25, 0.3) is 11.0 Å². The molecular weight excluding hydrogens is 274 g/mol. The van der Waals surface area contributed by atoms with Gasteiger partial charge in [0.1, 0.15) is 0 Å². The lowest BCUT2D eigenvalue weighted by atomic mass is 10.1. The van der Waals surface area contributed by atoms with Gasteiger partial charge in [-0.15, -0.1) is 0 Å². The Bertz CT molecular complexity index is 677. The maximum Gasteiger partial charge on any atom is 0.213 e. The summed E-state index contributed by atoms with van der Waals surface area (Å²) < 4.78 is 28.6. The van der Waals surface area contributed by atoms with Crippen LogP contribution >= 0.6 is 0 Å². The molecule has 0 saturated carbocycles. The van der Waals surface area contributed by atoms with Gasteiger partial charge in [0.2, 0.25) is 10.0 Å². The Hall–Kier alpha value is -1.40. The summed E-state index contributed by atoms with van der Waals surface area (Å²) >= 11 is 0. The van der Waals surface area contributed by atoms with Crippen LogP contribution in [0, 0.1) is 5.92 Å². The van der Waals surface area contributed by atoms with Crippen LogP contribution in [0.2, 0.25) is 0 Å². The SMILES string of the molecule is CC(C)[C@H](C)NS(=O)(=O)CCn1cnc2ccccc21. The van der Waals surface area contributed by atoms with E-state index in [4.69, 9.17) is 0 Å². The Labute approximate surface area is 120 Å². The first-order valence-corrected chi connectivity index (χ1v) is 8.44. The van der Waals surface area contributed by atoms with Gasteiger partial charge in [0, 0.05) is 12.6 Å². The molecule has 0 aliphatic heterocycles. The van der Waals surface area contributed by atoms with E-state index in [0.29, 0.717) is 6.54 Å². The highest BCUT2D eigenvalue weighted by Crippen LogP contribution is 2.12. The smallest absolute Gasteiger partial charge is 0.213 e. The molecule has 0 spiro atoms. The molecule has 1 atom stereocenters. The van der Waals surface area contributed by atoms with Crippen molar-refractivity contribution in [3.63, 3.8) is 0 Å². The zero-order valence-corrected chi connectivity index (χ0v) is 12.9. The minimum atomic E-state index is -3.27. The van der Waals surface area contributed by atoms with Crippen LogP contribution in [0.5, 0.6) is 0 Å². The monoisotopic (exact) mass is 295 g/mol. The second-order valence-electron chi connectivity index (χ2n) is 5.40. The molecule has 5 nitrogen and oxygen atoms in total. The summed E-state index contributed by atoms with van der Waals surface area (Å²) in [6.07, 6.45) is 1.69. The lowest BCUT2D eigenvalue weighted by Gasteiger charge is -2.17. The fourth-order valence-electron chi connectivity index (χ4n) is 1.89. The molecule has 0 unspecified atom stereocenters. The second-order valence-corrected chi connectivity index (χ2v) is 7.27. The van der Waals surface area contributed by atoms with E-state index >= 15 is 0 Å². The Kier molecular flexibility index (Phi) is 4.45. The number of nitrogens with zero attached hydrogens (tertiary/aromatic N) is 2. The third-order valence-corrected chi connectivity index (χ3v) is 4.94. The first-order chi connectivity index (χ1) is 9.39. The molecule has 1 aromatic carbocycles. The molecule has 2 aromatic rings. The molecule has 0 radical (unpaired) electrons. The van der Waals surface area contributed by atoms with Gasteiger partial charge in [-0.3, -0.25) is 0 Å². The number of para-hydroxylation sites is 2. The largest absolute Gasteiger partial charge is 0.330 e. The molecule has 1 heterocycles. The maximum atomic E-state index is 12.0. The lowest BCUT2D eigenvalue weighted by molar-refractivity contribution is 0.475. The molecule has 0 fully saturated rings. The Morgan fingerprint density at radius 3 is 2.65 bits per heavy atom. The van der Waals surface area contributed by atoms with Gasteiger partial charge in [0.15, 0.2) is 0 Å². The van der Waals surface area contributed by atoms with Crippen LogP contribution in [-0.4, -0.2) is 29.8 Å². The molecule has 20 heavy (non-hydrogen) atoms. The molecule has 0 aliphatic rings. The van der Waals surface area contributed by atoms with Gasteiger partial charge in [-0.1, -0.05) is 26.0 Å². The minimum absolute atomic E-state index is 0.0560. The van der Waals surface area contributed by atoms with Crippen molar-refractivity contribution >= 4 is 21.1 Å². The fraction of sp³-hybridized carbons (Fsp3) is 0.500. The third kappa shape index (κ3) is 3.58. The molecule has 0 aliphatic carbocycles. The summed E-state index contributed by atoms with van der Waals surface area (Å²) in [6, 6.07) is 7.65. The Morgan fingerprint density at radius 1 is 1.25 bits per heavy atom. The lowest BCUT2D eigenvalue weighted by Crippen LogP contribution is -2.38. The number of rotatable bonds is 6. The van der Waals surface area contributed by atoms with Crippen molar-refractivity contribution in [1.29, 1.82) is 0 Å². The van der Waals surface area contributed by atoms with Gasteiger partial charge in [-0.05, 0) is 25.0 Å². The van der Waals surface area contributed by atoms with Crippen molar-refractivity contribution in [3.8, 4) is 0 Å². The maximum absolute atomic E-state index is 12.0. The molecule has 110 valence electrons. The van der Waals surface area contributed by atoms with Gasteiger partial charge in [-0.25, -0.2) is 18.1 Å². The summed E-state index contributed by atoms with van der Waals surface area (Å²) in [4.78, 5) is 4.26. The molecule has 0 amide bonds. The normalized spacial score (nSPS) is 14.0. The average molecular weight is 295 g/mol. The second kappa shape index (κ2) is 5.93. The van der Waals surface area contributed by atoms with E-state index < -0.39 is 10.0 Å². The Balaban J connectivity index is 2.05. The van der Waals surface area contributed by atoms with Crippen molar-refractivity contribution in [2.75, 3.05) is 5.75 Å². The number of aromatic nitrogens is 2. The summed E-state index contributed by atoms with van der Waals surface area (Å²) in [6.45, 7) is 6.28. The third-order valence-electron chi connectivity index (χ3n) is 3.49. The van der Waals surface area contributed by atoms with Gasteiger partial charge in [-0.2, -0.15) is 0 Å². The van der Waals surface area contributed by atoms with E-state index in [9.17, 15) is 8.42 Å². The average Bonchev–Trinajstić information content (AvgIpc) is 2.79. The zero-order chi connectivity index (χ0) is 14.8. The molecule has 1 N–H and O–H groups in total. The van der Waals surface area contributed by atoms with Crippen LogP contribution in [-0.2, 0) is 16.6 Å². The van der Waals surface area contributed by atoms with Crippen molar-refractivity contribution in [1.82, 2.24) is 14.3 Å². The number of imidazole rings is 1. The summed E-state index contributed by atoms with van der Waals surface area (Å²) in [7, 11) is -3.27. The van der Waals surface area contributed by atoms with E-state index in [1.165, 1.54) is 0 Å². The first-order valence-electron chi connectivity index (χ1n) is 6.79. The van der Waals surface area contributed by atoms with Crippen LogP contribution < -0.4 is 4.72 Å². The van der Waals surface area contributed by atoms with E-state index in [-0.39, 0.29) is 17.7 Å². The van der Waals surface area contributed by atoms with Crippen LogP contribution in [0.3, 0.4) is 0 Å². The summed E-state index contributed by atoms with van der Waals surface area (Å²) in [5, 5.41) is 0. The number of hydrogen-bond donors (Lipinski definition) is 1. The summed E-state index contributed by atoms with van der Waals surface area (Å²) in [5.74, 6) is 0.337. The predicted octanol–water partition coefficient (Wildman–Crippen LogP) is 2.00. The van der Waals surface area contributed by atoms with Gasteiger partial charge in [0.05, 0.1) is 23.1 Å². The molecule has 6 heteroatoms.